The number of nitrogens with zero attached hydrogens (tertiary/aromatic N) is 4. The van der Waals surface area contributed by atoms with Gasteiger partial charge in [0, 0.05) is 46.2 Å². The summed E-state index contributed by atoms with van der Waals surface area (Å²) in [4.78, 5) is 29.8. The lowest BCUT2D eigenvalue weighted by Crippen LogP contribution is -2.19. The number of carbonyl (C=O) groups excluding carboxylic acids is 1. The molecule has 0 spiro atoms. The van der Waals surface area contributed by atoms with E-state index >= 15 is 0 Å². The molecule has 0 aliphatic carbocycles. The van der Waals surface area contributed by atoms with E-state index in [9.17, 15) is 4.79 Å². The Morgan fingerprint density at radius 1 is 1.03 bits per heavy atom. The Morgan fingerprint density at radius 2 is 1.92 bits per heavy atom. The molecular weight excluding hydrogens is 482 g/mol. The Morgan fingerprint density at radius 3 is 2.73 bits per heavy atom. The van der Waals surface area contributed by atoms with Crippen LogP contribution in [0.5, 0.6) is 0 Å². The van der Waals surface area contributed by atoms with Crippen molar-refractivity contribution in [2.24, 2.45) is 5.41 Å². The molecular formula is C28H25N7OS. The standard InChI is InChI=1S/C28H25N7OS/c1-28(2,3)12-24(36)31-18-10-17(13-29-14-18)20-4-5-22-26(33-20)27(35-34-22)23-11-19-21(32-23)6-8-30-25(19)16-7-9-37-15-16/h4-11,13-15,32H,12H2,1-3H3,(H,31,36)(H,34,35). The number of aromatic amines is 2. The van der Waals surface area contributed by atoms with Crippen LogP contribution in [0, 0.1) is 5.41 Å². The molecule has 0 saturated heterocycles. The largest absolute Gasteiger partial charge is 0.353 e. The normalized spacial score (nSPS) is 11.9. The molecule has 9 heteroatoms. The molecule has 0 saturated carbocycles. The maximum Gasteiger partial charge on any atom is 0.224 e. The van der Waals surface area contributed by atoms with Crippen LogP contribution in [0.25, 0.3) is 55.8 Å². The molecule has 1 amide bonds. The highest BCUT2D eigenvalue weighted by Crippen LogP contribution is 2.34. The fourth-order valence-corrected chi connectivity index (χ4v) is 5.03. The second-order valence-corrected chi connectivity index (χ2v) is 11.0. The third-order valence-electron chi connectivity index (χ3n) is 6.01. The molecule has 3 N–H and O–H groups in total. The first kappa shape index (κ1) is 23.1. The third-order valence-corrected chi connectivity index (χ3v) is 6.70. The van der Waals surface area contributed by atoms with E-state index in [2.05, 4.69) is 53.4 Å². The summed E-state index contributed by atoms with van der Waals surface area (Å²) in [6.45, 7) is 6.11. The second-order valence-electron chi connectivity index (χ2n) is 10.2. The molecule has 6 rings (SSSR count). The molecule has 37 heavy (non-hydrogen) atoms. The third kappa shape index (κ3) is 4.61. The molecule has 0 aliphatic heterocycles. The Hall–Kier alpha value is -4.37. The van der Waals surface area contributed by atoms with Gasteiger partial charge in [0.05, 0.1) is 34.5 Å². The van der Waals surface area contributed by atoms with Crippen molar-refractivity contribution in [3.8, 4) is 33.9 Å². The molecule has 0 unspecified atom stereocenters. The quantitative estimate of drug-likeness (QED) is 0.241. The zero-order valence-electron chi connectivity index (χ0n) is 20.7. The molecule has 6 aromatic heterocycles. The minimum atomic E-state index is -0.0947. The fourth-order valence-electron chi connectivity index (χ4n) is 4.39. The highest BCUT2D eigenvalue weighted by molar-refractivity contribution is 7.08. The van der Waals surface area contributed by atoms with Gasteiger partial charge in [0.2, 0.25) is 5.91 Å². The summed E-state index contributed by atoms with van der Waals surface area (Å²) < 4.78 is 0. The van der Waals surface area contributed by atoms with Crippen LogP contribution in [-0.4, -0.2) is 36.0 Å². The van der Waals surface area contributed by atoms with Gasteiger partial charge in [-0.25, -0.2) is 4.98 Å². The number of rotatable bonds is 5. The van der Waals surface area contributed by atoms with Gasteiger partial charge in [0.25, 0.3) is 0 Å². The Kier molecular flexibility index (Phi) is 5.57. The van der Waals surface area contributed by atoms with Gasteiger partial charge in [-0.1, -0.05) is 20.8 Å². The number of amides is 1. The molecule has 0 bridgehead atoms. The lowest BCUT2D eigenvalue weighted by atomic mass is 9.92. The summed E-state index contributed by atoms with van der Waals surface area (Å²) in [6.07, 6.45) is 5.63. The van der Waals surface area contributed by atoms with Gasteiger partial charge in [0.15, 0.2) is 0 Å². The average molecular weight is 508 g/mol. The van der Waals surface area contributed by atoms with Crippen molar-refractivity contribution in [2.75, 3.05) is 5.32 Å². The Bertz CT molecular complexity index is 1740. The predicted molar refractivity (Wildman–Crippen MR) is 148 cm³/mol. The smallest absolute Gasteiger partial charge is 0.224 e. The molecule has 0 fully saturated rings. The highest BCUT2D eigenvalue weighted by atomic mass is 32.1. The summed E-state index contributed by atoms with van der Waals surface area (Å²) in [7, 11) is 0. The summed E-state index contributed by atoms with van der Waals surface area (Å²) in [5, 5.41) is 15.8. The average Bonchev–Trinajstić information content (AvgIpc) is 3.61. The summed E-state index contributed by atoms with van der Waals surface area (Å²) in [6, 6.07) is 11.9. The van der Waals surface area contributed by atoms with Crippen LogP contribution < -0.4 is 5.32 Å². The van der Waals surface area contributed by atoms with Crippen LogP contribution in [0.1, 0.15) is 27.2 Å². The number of H-pyrrole nitrogens is 2. The molecule has 0 radical (unpaired) electrons. The van der Waals surface area contributed by atoms with E-state index in [1.54, 1.807) is 23.7 Å². The zero-order chi connectivity index (χ0) is 25.6. The van der Waals surface area contributed by atoms with Crippen molar-refractivity contribution in [1.82, 2.24) is 30.1 Å². The number of nitrogens with one attached hydrogen (secondary N) is 3. The summed E-state index contributed by atoms with van der Waals surface area (Å²) in [5.41, 5.74) is 8.28. The van der Waals surface area contributed by atoms with Gasteiger partial charge in [-0.15, -0.1) is 0 Å². The molecule has 0 aliphatic rings. The number of fused-ring (bicyclic) bond motifs is 2. The first-order valence-electron chi connectivity index (χ1n) is 12.0. The minimum Gasteiger partial charge on any atom is -0.353 e. The van der Waals surface area contributed by atoms with Gasteiger partial charge in [0.1, 0.15) is 11.2 Å². The molecule has 8 nitrogen and oxygen atoms in total. The molecule has 184 valence electrons. The minimum absolute atomic E-state index is 0.0397. The van der Waals surface area contributed by atoms with Crippen molar-refractivity contribution in [1.29, 1.82) is 0 Å². The maximum absolute atomic E-state index is 12.4. The molecule has 0 aromatic carbocycles. The summed E-state index contributed by atoms with van der Waals surface area (Å²) in [5.74, 6) is -0.0397. The molecule has 0 atom stereocenters. The number of hydrogen-bond donors (Lipinski definition) is 3. The van der Waals surface area contributed by atoms with Crippen LogP contribution in [0.4, 0.5) is 5.69 Å². The van der Waals surface area contributed by atoms with E-state index in [1.807, 2.05) is 51.2 Å². The van der Waals surface area contributed by atoms with Crippen molar-refractivity contribution in [3.63, 3.8) is 0 Å². The van der Waals surface area contributed by atoms with E-state index in [0.717, 1.165) is 55.8 Å². The fraction of sp³-hybridized carbons (Fsp3) is 0.179. The number of hydrogen-bond acceptors (Lipinski definition) is 6. The van der Waals surface area contributed by atoms with E-state index in [0.29, 0.717) is 12.1 Å². The highest BCUT2D eigenvalue weighted by Gasteiger charge is 2.18. The lowest BCUT2D eigenvalue weighted by molar-refractivity contribution is -0.117. The van der Waals surface area contributed by atoms with Crippen LogP contribution in [-0.2, 0) is 4.79 Å². The monoisotopic (exact) mass is 507 g/mol. The van der Waals surface area contributed by atoms with E-state index in [-0.39, 0.29) is 11.3 Å². The van der Waals surface area contributed by atoms with E-state index in [1.165, 1.54) is 0 Å². The predicted octanol–water partition coefficient (Wildman–Crippen LogP) is 6.67. The van der Waals surface area contributed by atoms with Crippen LogP contribution in [0.15, 0.2) is 65.7 Å². The zero-order valence-corrected chi connectivity index (χ0v) is 21.5. The van der Waals surface area contributed by atoms with Crippen LogP contribution in [0.2, 0.25) is 0 Å². The number of pyridine rings is 3. The Labute approximate surface area is 217 Å². The van der Waals surface area contributed by atoms with Gasteiger partial charge < -0.3 is 10.3 Å². The Balaban J connectivity index is 1.36. The van der Waals surface area contributed by atoms with Gasteiger partial charge in [-0.05, 0) is 47.2 Å². The van der Waals surface area contributed by atoms with E-state index < -0.39 is 0 Å². The SMILES string of the molecule is CC(C)(C)CC(=O)Nc1cncc(-c2ccc3[nH]nc(-c4cc5c(-c6ccsc6)nccc5[nH]4)c3n2)c1. The van der Waals surface area contributed by atoms with Crippen molar-refractivity contribution >= 4 is 44.9 Å². The topological polar surface area (TPSA) is 112 Å². The first-order chi connectivity index (χ1) is 17.8. The van der Waals surface area contributed by atoms with Gasteiger partial charge in [-0.3, -0.25) is 19.9 Å². The van der Waals surface area contributed by atoms with Crippen LogP contribution >= 0.6 is 11.3 Å². The number of anilines is 1. The first-order valence-corrected chi connectivity index (χ1v) is 12.9. The number of thiophene rings is 1. The lowest BCUT2D eigenvalue weighted by Gasteiger charge is -2.17. The van der Waals surface area contributed by atoms with Crippen molar-refractivity contribution in [2.45, 2.75) is 27.2 Å². The van der Waals surface area contributed by atoms with Gasteiger partial charge in [-0.2, -0.15) is 16.4 Å². The molecule has 6 heterocycles. The molecule has 6 aromatic rings. The number of aromatic nitrogens is 6. The maximum atomic E-state index is 12.4. The summed E-state index contributed by atoms with van der Waals surface area (Å²) >= 11 is 1.65. The number of carbonyl (C=O) groups is 1. The van der Waals surface area contributed by atoms with E-state index in [4.69, 9.17) is 4.98 Å². The van der Waals surface area contributed by atoms with Crippen molar-refractivity contribution in [3.05, 3.63) is 65.7 Å². The van der Waals surface area contributed by atoms with Gasteiger partial charge >= 0.3 is 0 Å². The van der Waals surface area contributed by atoms with Crippen LogP contribution in [0.3, 0.4) is 0 Å². The second kappa shape index (κ2) is 8.94. The van der Waals surface area contributed by atoms with Crippen molar-refractivity contribution < 1.29 is 4.79 Å².